The highest BCUT2D eigenvalue weighted by molar-refractivity contribution is 7.07. The maximum absolute atomic E-state index is 5.74. The molecule has 0 aliphatic heterocycles. The van der Waals surface area contributed by atoms with Crippen LogP contribution in [0.25, 0.3) is 11.3 Å². The standard InChI is InChI=1S/C22H26N2O3S/c1-5-27-21-9-7-6-8-19(21)23-22-24(16(2)14-25-3)20(15-28-22)17-10-12-18(26-4)13-11-17/h6-13,15-16H,5,14H2,1-4H3/t16-/m0/s1. The van der Waals surface area contributed by atoms with Crippen molar-refractivity contribution in [1.82, 2.24) is 4.57 Å². The molecule has 6 heteroatoms. The van der Waals surface area contributed by atoms with E-state index in [9.17, 15) is 0 Å². The summed E-state index contributed by atoms with van der Waals surface area (Å²) >= 11 is 1.61. The highest BCUT2D eigenvalue weighted by Gasteiger charge is 2.15. The quantitative estimate of drug-likeness (QED) is 0.532. The van der Waals surface area contributed by atoms with Crippen molar-refractivity contribution in [3.8, 4) is 22.8 Å². The molecule has 0 bridgehead atoms. The highest BCUT2D eigenvalue weighted by Crippen LogP contribution is 2.29. The second-order valence-corrected chi connectivity index (χ2v) is 7.16. The van der Waals surface area contributed by atoms with E-state index in [1.54, 1.807) is 25.6 Å². The third-order valence-corrected chi connectivity index (χ3v) is 5.20. The van der Waals surface area contributed by atoms with Gasteiger partial charge in [0.15, 0.2) is 4.80 Å². The fourth-order valence-electron chi connectivity index (χ4n) is 3.05. The van der Waals surface area contributed by atoms with E-state index in [0.29, 0.717) is 13.2 Å². The maximum Gasteiger partial charge on any atom is 0.190 e. The molecule has 0 aliphatic carbocycles. The van der Waals surface area contributed by atoms with Gasteiger partial charge >= 0.3 is 0 Å². The van der Waals surface area contributed by atoms with Gasteiger partial charge in [-0.1, -0.05) is 12.1 Å². The average Bonchev–Trinajstić information content (AvgIpc) is 3.13. The Labute approximate surface area is 169 Å². The molecule has 0 aliphatic rings. The van der Waals surface area contributed by atoms with Gasteiger partial charge in [-0.25, -0.2) is 4.99 Å². The molecule has 0 unspecified atom stereocenters. The van der Waals surface area contributed by atoms with Crippen molar-refractivity contribution in [3.05, 3.63) is 58.7 Å². The Kier molecular flexibility index (Phi) is 6.90. The molecule has 0 saturated carbocycles. The van der Waals surface area contributed by atoms with Crippen LogP contribution >= 0.6 is 11.3 Å². The normalized spacial score (nSPS) is 12.8. The van der Waals surface area contributed by atoms with Crippen LogP contribution in [0.5, 0.6) is 11.5 Å². The lowest BCUT2D eigenvalue weighted by molar-refractivity contribution is 0.162. The first kappa shape index (κ1) is 20.2. The minimum Gasteiger partial charge on any atom is -0.497 e. The number of ether oxygens (including phenoxy) is 3. The highest BCUT2D eigenvalue weighted by atomic mass is 32.1. The first-order valence-corrected chi connectivity index (χ1v) is 10.2. The Morgan fingerprint density at radius 1 is 1.07 bits per heavy atom. The molecule has 0 amide bonds. The second-order valence-electron chi connectivity index (χ2n) is 6.32. The van der Waals surface area contributed by atoms with Gasteiger partial charge in [-0.2, -0.15) is 0 Å². The van der Waals surface area contributed by atoms with Crippen molar-refractivity contribution in [2.75, 3.05) is 27.4 Å². The molecule has 28 heavy (non-hydrogen) atoms. The molecule has 2 aromatic carbocycles. The predicted molar refractivity (Wildman–Crippen MR) is 114 cm³/mol. The van der Waals surface area contributed by atoms with Crippen LogP contribution in [0, 0.1) is 0 Å². The lowest BCUT2D eigenvalue weighted by Gasteiger charge is -2.17. The van der Waals surface area contributed by atoms with Crippen molar-refractivity contribution >= 4 is 17.0 Å². The minimum absolute atomic E-state index is 0.131. The zero-order valence-electron chi connectivity index (χ0n) is 16.7. The van der Waals surface area contributed by atoms with Gasteiger partial charge in [0.05, 0.1) is 32.1 Å². The number of rotatable bonds is 8. The third kappa shape index (κ3) is 4.46. The van der Waals surface area contributed by atoms with Crippen LogP contribution in [0.3, 0.4) is 0 Å². The first-order chi connectivity index (χ1) is 13.7. The lowest BCUT2D eigenvalue weighted by Crippen LogP contribution is -2.23. The van der Waals surface area contributed by atoms with Gasteiger partial charge in [-0.05, 0) is 55.8 Å². The molecule has 0 saturated heterocycles. The van der Waals surface area contributed by atoms with Crippen LogP contribution in [0.15, 0.2) is 58.9 Å². The summed E-state index contributed by atoms with van der Waals surface area (Å²) in [6, 6.07) is 16.1. The summed E-state index contributed by atoms with van der Waals surface area (Å²) in [6.07, 6.45) is 0. The number of nitrogens with zero attached hydrogens (tertiary/aromatic N) is 2. The number of para-hydroxylation sites is 2. The van der Waals surface area contributed by atoms with Crippen LogP contribution in [-0.4, -0.2) is 32.0 Å². The van der Waals surface area contributed by atoms with Crippen molar-refractivity contribution in [1.29, 1.82) is 0 Å². The molecule has 3 aromatic rings. The molecule has 148 valence electrons. The van der Waals surface area contributed by atoms with Crippen molar-refractivity contribution in [2.45, 2.75) is 19.9 Å². The number of aromatic nitrogens is 1. The summed E-state index contributed by atoms with van der Waals surface area (Å²) in [5, 5.41) is 2.14. The average molecular weight is 399 g/mol. The molecule has 5 nitrogen and oxygen atoms in total. The zero-order chi connectivity index (χ0) is 19.9. The fourth-order valence-corrected chi connectivity index (χ4v) is 4.06. The predicted octanol–water partition coefficient (Wildman–Crippen LogP) is 5.06. The number of hydrogen-bond acceptors (Lipinski definition) is 5. The topological polar surface area (TPSA) is 45.0 Å². The monoisotopic (exact) mass is 398 g/mol. The third-order valence-electron chi connectivity index (χ3n) is 4.36. The summed E-state index contributed by atoms with van der Waals surface area (Å²) in [5.41, 5.74) is 3.04. The molecular formula is C22H26N2O3S. The molecule has 0 spiro atoms. The summed E-state index contributed by atoms with van der Waals surface area (Å²) < 4.78 is 18.7. The molecular weight excluding hydrogens is 372 g/mol. The maximum atomic E-state index is 5.74. The van der Waals surface area contributed by atoms with Crippen molar-refractivity contribution in [3.63, 3.8) is 0 Å². The van der Waals surface area contributed by atoms with E-state index < -0.39 is 0 Å². The van der Waals surface area contributed by atoms with Crippen LogP contribution in [-0.2, 0) is 4.74 Å². The van der Waals surface area contributed by atoms with E-state index in [1.165, 1.54) is 0 Å². The van der Waals surface area contributed by atoms with E-state index in [-0.39, 0.29) is 6.04 Å². The van der Waals surface area contributed by atoms with Gasteiger partial charge in [0, 0.05) is 12.5 Å². The molecule has 1 heterocycles. The van der Waals surface area contributed by atoms with Crippen LogP contribution < -0.4 is 14.3 Å². The fraction of sp³-hybridized carbons (Fsp3) is 0.318. The summed E-state index contributed by atoms with van der Waals surface area (Å²) in [6.45, 7) is 5.32. The first-order valence-electron chi connectivity index (χ1n) is 9.27. The Morgan fingerprint density at radius 3 is 2.50 bits per heavy atom. The SMILES string of the molecule is CCOc1ccccc1N=c1scc(-c2ccc(OC)cc2)n1[C@@H](C)COC. The number of methoxy groups -OCH3 is 2. The Bertz CT molecular complexity index is 960. The smallest absolute Gasteiger partial charge is 0.190 e. The summed E-state index contributed by atoms with van der Waals surface area (Å²) in [7, 11) is 3.39. The van der Waals surface area contributed by atoms with Crippen LogP contribution in [0.2, 0.25) is 0 Å². The zero-order valence-corrected chi connectivity index (χ0v) is 17.5. The van der Waals surface area contributed by atoms with E-state index in [4.69, 9.17) is 19.2 Å². The van der Waals surface area contributed by atoms with Gasteiger partial charge < -0.3 is 18.8 Å². The summed E-state index contributed by atoms with van der Waals surface area (Å²) in [4.78, 5) is 5.82. The summed E-state index contributed by atoms with van der Waals surface area (Å²) in [5.74, 6) is 1.63. The van der Waals surface area contributed by atoms with E-state index in [0.717, 1.165) is 33.2 Å². The molecule has 0 radical (unpaired) electrons. The Hall–Kier alpha value is -2.57. The van der Waals surface area contributed by atoms with E-state index in [2.05, 4.69) is 29.0 Å². The Balaban J connectivity index is 2.13. The van der Waals surface area contributed by atoms with E-state index >= 15 is 0 Å². The van der Waals surface area contributed by atoms with E-state index in [1.807, 2.05) is 43.3 Å². The van der Waals surface area contributed by atoms with Crippen molar-refractivity contribution in [2.24, 2.45) is 4.99 Å². The van der Waals surface area contributed by atoms with Gasteiger partial charge in [-0.3, -0.25) is 0 Å². The molecule has 0 N–H and O–H groups in total. The van der Waals surface area contributed by atoms with Crippen LogP contribution in [0.1, 0.15) is 19.9 Å². The van der Waals surface area contributed by atoms with Gasteiger partial charge in [0.25, 0.3) is 0 Å². The molecule has 1 atom stereocenters. The second kappa shape index (κ2) is 9.57. The van der Waals surface area contributed by atoms with Gasteiger partial charge in [-0.15, -0.1) is 11.3 Å². The minimum atomic E-state index is 0.131. The number of hydrogen-bond donors (Lipinski definition) is 0. The molecule has 0 fully saturated rings. The lowest BCUT2D eigenvalue weighted by atomic mass is 10.1. The van der Waals surface area contributed by atoms with Gasteiger partial charge in [0.1, 0.15) is 17.2 Å². The van der Waals surface area contributed by atoms with Crippen molar-refractivity contribution < 1.29 is 14.2 Å². The Morgan fingerprint density at radius 2 is 1.82 bits per heavy atom. The molecule has 3 rings (SSSR count). The number of benzene rings is 2. The molecule has 1 aromatic heterocycles. The van der Waals surface area contributed by atoms with Crippen LogP contribution in [0.4, 0.5) is 5.69 Å². The largest absolute Gasteiger partial charge is 0.497 e. The number of thiazole rings is 1. The van der Waals surface area contributed by atoms with Gasteiger partial charge in [0.2, 0.25) is 0 Å².